The van der Waals surface area contributed by atoms with Gasteiger partial charge in [-0.15, -0.1) is 0 Å². The lowest BCUT2D eigenvalue weighted by Crippen LogP contribution is -2.14. The van der Waals surface area contributed by atoms with Gasteiger partial charge in [0, 0.05) is 33.8 Å². The highest BCUT2D eigenvalue weighted by molar-refractivity contribution is 6.04. The van der Waals surface area contributed by atoms with Crippen LogP contribution in [0.4, 0.5) is 5.69 Å². The topological polar surface area (TPSA) is 85.4 Å². The maximum absolute atomic E-state index is 13.0. The highest BCUT2D eigenvalue weighted by atomic mass is 16.6. The average molecular weight is 324 g/mol. The van der Waals surface area contributed by atoms with Crippen molar-refractivity contribution in [3.05, 3.63) is 75.0 Å². The molecule has 0 amide bonds. The first kappa shape index (κ1) is 15.9. The molecule has 6 heteroatoms. The molecule has 0 unspecified atom stereocenters. The van der Waals surface area contributed by atoms with Crippen LogP contribution >= 0.6 is 0 Å². The second-order valence-electron chi connectivity index (χ2n) is 5.64. The third kappa shape index (κ3) is 2.37. The van der Waals surface area contributed by atoms with E-state index in [-0.39, 0.29) is 18.2 Å². The number of nitro benzene ring substituents is 1. The highest BCUT2D eigenvalue weighted by Crippen LogP contribution is 2.27. The van der Waals surface area contributed by atoms with Gasteiger partial charge >= 0.3 is 0 Å². The van der Waals surface area contributed by atoms with Gasteiger partial charge < -0.3 is 5.11 Å². The number of para-hydroxylation sites is 1. The van der Waals surface area contributed by atoms with E-state index >= 15 is 0 Å². The lowest BCUT2D eigenvalue weighted by Gasteiger charge is -2.08. The monoisotopic (exact) mass is 324 g/mol. The van der Waals surface area contributed by atoms with Crippen molar-refractivity contribution in [1.82, 2.24) is 4.57 Å². The van der Waals surface area contributed by atoms with Crippen LogP contribution in [0.2, 0.25) is 0 Å². The second-order valence-corrected chi connectivity index (χ2v) is 5.64. The average Bonchev–Trinajstić information content (AvgIpc) is 2.85. The van der Waals surface area contributed by atoms with Gasteiger partial charge in [-0.2, -0.15) is 0 Å². The van der Waals surface area contributed by atoms with E-state index in [1.165, 1.54) is 18.2 Å². The summed E-state index contributed by atoms with van der Waals surface area (Å²) in [7, 11) is 0. The molecule has 3 rings (SSSR count). The summed E-state index contributed by atoms with van der Waals surface area (Å²) in [6.45, 7) is 3.22. The third-order valence-electron chi connectivity index (χ3n) is 4.24. The lowest BCUT2D eigenvalue weighted by atomic mass is 10.1. The third-order valence-corrected chi connectivity index (χ3v) is 4.24. The molecule has 2 aromatic carbocycles. The van der Waals surface area contributed by atoms with Crippen LogP contribution in [-0.2, 0) is 6.61 Å². The van der Waals surface area contributed by atoms with Gasteiger partial charge in [0.25, 0.3) is 11.6 Å². The molecule has 0 aliphatic carbocycles. The minimum absolute atomic E-state index is 0.0170. The van der Waals surface area contributed by atoms with Crippen molar-refractivity contribution in [2.24, 2.45) is 0 Å². The number of carbonyl (C=O) groups is 1. The van der Waals surface area contributed by atoms with Gasteiger partial charge in [-0.3, -0.25) is 19.5 Å². The Morgan fingerprint density at radius 1 is 1.21 bits per heavy atom. The molecule has 6 nitrogen and oxygen atoms in total. The van der Waals surface area contributed by atoms with Gasteiger partial charge in [-0.1, -0.05) is 18.2 Å². The molecule has 0 bridgehead atoms. The van der Waals surface area contributed by atoms with Crippen molar-refractivity contribution in [1.29, 1.82) is 0 Å². The van der Waals surface area contributed by atoms with Crippen molar-refractivity contribution in [2.75, 3.05) is 0 Å². The number of nitrogens with zero attached hydrogens (tertiary/aromatic N) is 2. The molecule has 0 saturated carbocycles. The minimum Gasteiger partial charge on any atom is -0.392 e. The molecule has 0 spiro atoms. The summed E-state index contributed by atoms with van der Waals surface area (Å²) in [5, 5.41) is 21.4. The van der Waals surface area contributed by atoms with E-state index in [0.29, 0.717) is 27.9 Å². The highest BCUT2D eigenvalue weighted by Gasteiger charge is 2.20. The molecular formula is C18H16N2O4. The fourth-order valence-corrected chi connectivity index (χ4v) is 3.02. The second kappa shape index (κ2) is 5.90. The molecule has 0 aliphatic heterocycles. The van der Waals surface area contributed by atoms with E-state index < -0.39 is 4.92 Å². The fraction of sp³-hybridized carbons (Fsp3) is 0.167. The Kier molecular flexibility index (Phi) is 3.91. The largest absolute Gasteiger partial charge is 0.392 e. The SMILES string of the molecule is Cc1cc(C(=O)n2c(C)c(CO)c3ccccc32)ccc1[N+](=O)[O-]. The van der Waals surface area contributed by atoms with E-state index in [9.17, 15) is 20.0 Å². The normalized spacial score (nSPS) is 11.0. The summed E-state index contributed by atoms with van der Waals surface area (Å²) < 4.78 is 1.54. The number of fused-ring (bicyclic) bond motifs is 1. The van der Waals surface area contributed by atoms with Gasteiger partial charge in [-0.05, 0) is 32.0 Å². The van der Waals surface area contributed by atoms with E-state index in [4.69, 9.17) is 0 Å². The predicted octanol–water partition coefficient (Wildman–Crippen LogP) is 3.35. The van der Waals surface area contributed by atoms with Gasteiger partial charge in [0.2, 0.25) is 0 Å². The first-order valence-corrected chi connectivity index (χ1v) is 7.45. The van der Waals surface area contributed by atoms with Crippen LogP contribution in [0.5, 0.6) is 0 Å². The molecule has 122 valence electrons. The first-order chi connectivity index (χ1) is 11.5. The van der Waals surface area contributed by atoms with Gasteiger partial charge in [0.15, 0.2) is 0 Å². The van der Waals surface area contributed by atoms with Crippen molar-refractivity contribution >= 4 is 22.5 Å². The Balaban J connectivity index is 2.18. The number of benzene rings is 2. The molecule has 1 heterocycles. The number of aliphatic hydroxyl groups is 1. The first-order valence-electron chi connectivity index (χ1n) is 7.45. The Hall–Kier alpha value is -2.99. The molecule has 1 N–H and O–H groups in total. The van der Waals surface area contributed by atoms with Crippen LogP contribution < -0.4 is 0 Å². The quantitative estimate of drug-likeness (QED) is 0.591. The van der Waals surface area contributed by atoms with Crippen molar-refractivity contribution < 1.29 is 14.8 Å². The Morgan fingerprint density at radius 2 is 1.92 bits per heavy atom. The van der Waals surface area contributed by atoms with Crippen LogP contribution in [0.15, 0.2) is 42.5 Å². The molecular weight excluding hydrogens is 308 g/mol. The van der Waals surface area contributed by atoms with E-state index in [1.54, 1.807) is 18.4 Å². The Morgan fingerprint density at radius 3 is 2.54 bits per heavy atom. The van der Waals surface area contributed by atoms with Gasteiger partial charge in [-0.25, -0.2) is 0 Å². The minimum atomic E-state index is -0.468. The number of hydrogen-bond acceptors (Lipinski definition) is 4. The molecule has 0 radical (unpaired) electrons. The number of carbonyl (C=O) groups excluding carboxylic acids is 1. The number of nitro groups is 1. The van der Waals surface area contributed by atoms with Gasteiger partial charge in [0.1, 0.15) is 0 Å². The zero-order chi connectivity index (χ0) is 17.4. The number of aryl methyl sites for hydroxylation is 1. The van der Waals surface area contributed by atoms with Crippen molar-refractivity contribution in [2.45, 2.75) is 20.5 Å². The maximum Gasteiger partial charge on any atom is 0.272 e. The molecule has 1 aromatic heterocycles. The molecule has 3 aromatic rings. The summed E-state index contributed by atoms with van der Waals surface area (Å²) in [4.78, 5) is 23.4. The summed E-state index contributed by atoms with van der Waals surface area (Å²) in [6, 6.07) is 11.7. The van der Waals surface area contributed by atoms with Crippen molar-refractivity contribution in [3.63, 3.8) is 0 Å². The van der Waals surface area contributed by atoms with Crippen LogP contribution in [0, 0.1) is 24.0 Å². The maximum atomic E-state index is 13.0. The Bertz CT molecular complexity index is 973. The molecule has 24 heavy (non-hydrogen) atoms. The van der Waals surface area contributed by atoms with E-state index in [0.717, 1.165) is 5.39 Å². The van der Waals surface area contributed by atoms with Crippen LogP contribution in [0.25, 0.3) is 10.9 Å². The smallest absolute Gasteiger partial charge is 0.272 e. The number of hydrogen-bond donors (Lipinski definition) is 1. The lowest BCUT2D eigenvalue weighted by molar-refractivity contribution is -0.385. The summed E-state index contributed by atoms with van der Waals surface area (Å²) in [6.07, 6.45) is 0. The molecule has 0 aliphatic rings. The number of rotatable bonds is 3. The summed E-state index contributed by atoms with van der Waals surface area (Å²) in [5.41, 5.74) is 2.86. The van der Waals surface area contributed by atoms with Crippen LogP contribution in [0.3, 0.4) is 0 Å². The van der Waals surface area contributed by atoms with Crippen molar-refractivity contribution in [3.8, 4) is 0 Å². The number of aromatic nitrogens is 1. The standard InChI is InChI=1S/C18H16N2O4/c1-11-9-13(7-8-16(11)20(23)24)18(22)19-12(2)15(10-21)14-5-3-4-6-17(14)19/h3-9,21H,10H2,1-2H3. The molecule has 0 saturated heterocycles. The predicted molar refractivity (Wildman–Crippen MR) is 90.2 cm³/mol. The van der Waals surface area contributed by atoms with Crippen LogP contribution in [0.1, 0.15) is 27.2 Å². The fourth-order valence-electron chi connectivity index (χ4n) is 3.02. The Labute approximate surface area is 138 Å². The zero-order valence-electron chi connectivity index (χ0n) is 13.3. The van der Waals surface area contributed by atoms with Crippen LogP contribution in [-0.4, -0.2) is 20.5 Å². The summed E-state index contributed by atoms with van der Waals surface area (Å²) in [5.74, 6) is -0.276. The van der Waals surface area contributed by atoms with Gasteiger partial charge in [0.05, 0.1) is 17.0 Å². The van der Waals surface area contributed by atoms with E-state index in [1.807, 2.05) is 24.3 Å². The van der Waals surface area contributed by atoms with E-state index in [2.05, 4.69) is 0 Å². The summed E-state index contributed by atoms with van der Waals surface area (Å²) >= 11 is 0. The molecule has 0 atom stereocenters. The zero-order valence-corrected chi connectivity index (χ0v) is 13.3. The molecule has 0 fully saturated rings. The number of aliphatic hydroxyl groups excluding tert-OH is 1.